The van der Waals surface area contributed by atoms with Gasteiger partial charge in [-0.3, -0.25) is 0 Å². The van der Waals surface area contributed by atoms with E-state index in [1.807, 2.05) is 0 Å². The van der Waals surface area contributed by atoms with E-state index in [0.717, 1.165) is 31.0 Å². The first-order chi connectivity index (χ1) is 6.70. The van der Waals surface area contributed by atoms with Crippen LogP contribution in [0.25, 0.3) is 0 Å². The van der Waals surface area contributed by atoms with Crippen LogP contribution in [0, 0.1) is 0 Å². The molecule has 5 heteroatoms. The molecule has 0 N–H and O–H groups in total. The third kappa shape index (κ3) is 4.87. The average Bonchev–Trinajstić information content (AvgIpc) is 3.01. The van der Waals surface area contributed by atoms with Crippen molar-refractivity contribution in [3.05, 3.63) is 0 Å². The van der Waals surface area contributed by atoms with Gasteiger partial charge in [0.15, 0.2) is 0 Å². The predicted octanol–water partition coefficient (Wildman–Crippen LogP) is 1.53. The molecule has 4 nitrogen and oxygen atoms in total. The Morgan fingerprint density at radius 3 is 2.50 bits per heavy atom. The Balaban J connectivity index is 1.95. The van der Waals surface area contributed by atoms with E-state index in [4.69, 9.17) is 16.1 Å². The number of hydrogen-bond donors (Lipinski definition) is 0. The second-order valence-corrected chi connectivity index (χ2v) is 9.27. The molecule has 1 fully saturated rings. The summed E-state index contributed by atoms with van der Waals surface area (Å²) in [6.45, 7) is 2.39. The van der Waals surface area contributed by atoms with Gasteiger partial charge in [-0.05, 0) is 0 Å². The van der Waals surface area contributed by atoms with Crippen LogP contribution in [0.5, 0.6) is 0 Å². The second-order valence-electron chi connectivity index (χ2n) is 3.68. The van der Waals surface area contributed by atoms with E-state index >= 15 is 0 Å². The summed E-state index contributed by atoms with van der Waals surface area (Å²) >= 11 is -2.36. The third-order valence-corrected chi connectivity index (χ3v) is 7.16. The Kier molecular flexibility index (Phi) is 5.60. The van der Waals surface area contributed by atoms with Crippen molar-refractivity contribution in [1.82, 2.24) is 0 Å². The molecule has 1 aliphatic rings. The third-order valence-electron chi connectivity index (χ3n) is 2.49. The molecule has 1 aliphatic heterocycles. The monoisotopic (exact) mass is 240 g/mol. The molecule has 0 bridgehead atoms. The molecule has 1 atom stereocenters. The molecule has 0 aromatic carbocycles. The summed E-state index contributed by atoms with van der Waals surface area (Å²) in [5, 5.41) is 2.12. The summed E-state index contributed by atoms with van der Waals surface area (Å²) in [6, 6.07) is 0. The second kappa shape index (κ2) is 6.21. The molecule has 0 saturated carbocycles. The van der Waals surface area contributed by atoms with E-state index in [2.05, 4.69) is 5.23 Å². The molecule has 0 aliphatic carbocycles. The van der Waals surface area contributed by atoms with Gasteiger partial charge in [0, 0.05) is 0 Å². The first kappa shape index (κ1) is 12.6. The fourth-order valence-corrected chi connectivity index (χ4v) is 3.29. The topological polar surface area (TPSA) is 40.2 Å². The normalized spacial score (nSPS) is 21.2. The molecule has 1 rings (SSSR count). The Morgan fingerprint density at radius 1 is 1.36 bits per heavy atom. The molecular formula is C9H20O4Ti. The molecule has 84 valence electrons. The van der Waals surface area contributed by atoms with Crippen molar-refractivity contribution in [2.45, 2.75) is 22.5 Å². The van der Waals surface area contributed by atoms with Crippen molar-refractivity contribution in [2.24, 2.45) is 0 Å². The molecule has 0 aromatic heterocycles. The van der Waals surface area contributed by atoms with Gasteiger partial charge in [-0.2, -0.15) is 0 Å². The average molecular weight is 240 g/mol. The molecule has 14 heavy (non-hydrogen) atoms. The van der Waals surface area contributed by atoms with E-state index in [-0.39, 0.29) is 0 Å². The van der Waals surface area contributed by atoms with Crippen LogP contribution in [0.3, 0.4) is 0 Å². The number of ether oxygens (including phenoxy) is 2. The van der Waals surface area contributed by atoms with Crippen LogP contribution in [-0.2, 0) is 33.5 Å². The van der Waals surface area contributed by atoms with Gasteiger partial charge in [0.05, 0.1) is 0 Å². The minimum atomic E-state index is -2.36. The zero-order valence-electron chi connectivity index (χ0n) is 9.25. The molecule has 0 spiro atoms. The van der Waals surface area contributed by atoms with Crippen molar-refractivity contribution in [3.8, 4) is 0 Å². The summed E-state index contributed by atoms with van der Waals surface area (Å²) in [4.78, 5) is 0. The van der Waals surface area contributed by atoms with E-state index < -0.39 is 17.4 Å². The van der Waals surface area contributed by atoms with Crippen molar-refractivity contribution in [3.63, 3.8) is 0 Å². The first-order valence-corrected chi connectivity index (χ1v) is 8.94. The first-order valence-electron chi connectivity index (χ1n) is 5.00. The number of epoxide rings is 1. The summed E-state index contributed by atoms with van der Waals surface area (Å²) in [5.41, 5.74) is 0. The number of hydrogen-bond acceptors (Lipinski definition) is 4. The fourth-order valence-electron chi connectivity index (χ4n) is 1.16. The summed E-state index contributed by atoms with van der Waals surface area (Å²) in [6.07, 6.45) is 1.39. The van der Waals surface area contributed by atoms with Gasteiger partial charge >= 0.3 is 90.0 Å². The Labute approximate surface area is 90.2 Å². The zero-order chi connectivity index (χ0) is 10.4. The maximum atomic E-state index is 5.44. The van der Waals surface area contributed by atoms with Crippen LogP contribution in [0.1, 0.15) is 6.42 Å². The van der Waals surface area contributed by atoms with Gasteiger partial charge < -0.3 is 0 Å². The van der Waals surface area contributed by atoms with Gasteiger partial charge in [0.25, 0.3) is 0 Å². The van der Waals surface area contributed by atoms with Crippen LogP contribution in [0.4, 0.5) is 0 Å². The van der Waals surface area contributed by atoms with Gasteiger partial charge in [-0.25, -0.2) is 0 Å². The van der Waals surface area contributed by atoms with Gasteiger partial charge in [0.2, 0.25) is 0 Å². The molecule has 0 radical (unpaired) electrons. The Hall–Kier alpha value is 0.554. The van der Waals surface area contributed by atoms with Crippen LogP contribution in [0.15, 0.2) is 0 Å². The summed E-state index contributed by atoms with van der Waals surface area (Å²) < 4.78 is 22.3. The quantitative estimate of drug-likeness (QED) is 0.366. The van der Waals surface area contributed by atoms with Crippen molar-refractivity contribution in [2.75, 3.05) is 34.0 Å². The fraction of sp³-hybridized carbons (Fsp3) is 1.00. The predicted molar refractivity (Wildman–Crippen MR) is 49.9 cm³/mol. The van der Waals surface area contributed by atoms with Crippen LogP contribution < -0.4 is 0 Å². The summed E-state index contributed by atoms with van der Waals surface area (Å²) in [7, 11) is 3.48. The van der Waals surface area contributed by atoms with Crippen LogP contribution in [0.2, 0.25) is 9.95 Å². The van der Waals surface area contributed by atoms with Crippen molar-refractivity contribution in [1.29, 1.82) is 0 Å². The minimum absolute atomic E-state index is 0.368. The van der Waals surface area contributed by atoms with Crippen LogP contribution in [-0.4, -0.2) is 40.1 Å². The van der Waals surface area contributed by atoms with Gasteiger partial charge in [-0.1, -0.05) is 0 Å². The van der Waals surface area contributed by atoms with Crippen molar-refractivity contribution >= 4 is 0 Å². The van der Waals surface area contributed by atoms with Crippen molar-refractivity contribution < 1.29 is 33.5 Å². The summed E-state index contributed by atoms with van der Waals surface area (Å²) in [5.74, 6) is 0. The zero-order valence-corrected chi connectivity index (χ0v) is 10.8. The maximum absolute atomic E-state index is 5.44. The molecule has 1 heterocycles. The SMILES string of the molecule is C[O][Ti]([CH3])([CH2]CCOCC1CO1)[O]C. The van der Waals surface area contributed by atoms with Gasteiger partial charge in [0.1, 0.15) is 0 Å². The van der Waals surface area contributed by atoms with E-state index in [0.29, 0.717) is 6.10 Å². The van der Waals surface area contributed by atoms with E-state index in [1.165, 1.54) is 0 Å². The standard InChI is InChI=1S/C6H11O2.2CH3O.CH3.Ti/c1-2-3-7-4-6-5-8-6;2*1-2;;/h6H,1-5H2;2*1H3;1H3;/q;2*-1;;+2. The Morgan fingerprint density at radius 2 is 2.00 bits per heavy atom. The van der Waals surface area contributed by atoms with Crippen LogP contribution >= 0.6 is 0 Å². The molecule has 1 unspecified atom stereocenters. The molecule has 0 aromatic rings. The Bertz CT molecular complexity index is 157. The van der Waals surface area contributed by atoms with Gasteiger partial charge in [-0.15, -0.1) is 0 Å². The molecule has 1 saturated heterocycles. The molecule has 0 amide bonds. The molecular weight excluding hydrogens is 220 g/mol. The van der Waals surface area contributed by atoms with E-state index in [9.17, 15) is 0 Å². The van der Waals surface area contributed by atoms with E-state index in [1.54, 1.807) is 14.2 Å². The number of rotatable bonds is 8.